The fourth-order valence-electron chi connectivity index (χ4n) is 0.991. The quantitative estimate of drug-likeness (QED) is 0.603. The molecule has 3 nitrogen and oxygen atoms in total. The van der Waals surface area contributed by atoms with Crippen molar-refractivity contribution in [2.24, 2.45) is 0 Å². The molecule has 0 amide bonds. The van der Waals surface area contributed by atoms with Crippen LogP contribution in [0.5, 0.6) is 0 Å². The molecule has 1 heterocycles. The molecule has 2 unspecified atom stereocenters. The van der Waals surface area contributed by atoms with Crippen molar-refractivity contribution in [3.8, 4) is 0 Å². The molecule has 3 heteroatoms. The smallest absolute Gasteiger partial charge is 0.107 e. The van der Waals surface area contributed by atoms with Gasteiger partial charge in [-0.05, 0) is 6.42 Å². The molecule has 10 heavy (non-hydrogen) atoms. The Bertz CT molecular complexity index is 88.9. The summed E-state index contributed by atoms with van der Waals surface area (Å²) >= 11 is 0. The zero-order valence-electron chi connectivity index (χ0n) is 6.25. The molecule has 0 aromatic rings. The van der Waals surface area contributed by atoms with Crippen molar-refractivity contribution in [1.29, 1.82) is 0 Å². The first-order valence-electron chi connectivity index (χ1n) is 3.72. The van der Waals surface area contributed by atoms with Crippen molar-refractivity contribution in [3.05, 3.63) is 0 Å². The highest BCUT2D eigenvalue weighted by molar-refractivity contribution is 4.68. The van der Waals surface area contributed by atoms with Gasteiger partial charge in [0.1, 0.15) is 6.10 Å². The fourth-order valence-corrected chi connectivity index (χ4v) is 0.991. The number of hydrogen-bond donors (Lipinski definition) is 1. The maximum absolute atomic E-state index is 9.28. The molecule has 1 fully saturated rings. The van der Waals surface area contributed by atoms with E-state index in [2.05, 4.69) is 0 Å². The molecule has 1 N–H and O–H groups in total. The van der Waals surface area contributed by atoms with Crippen LogP contribution < -0.4 is 0 Å². The van der Waals surface area contributed by atoms with E-state index in [0.717, 1.165) is 6.42 Å². The Morgan fingerprint density at radius 3 is 2.90 bits per heavy atom. The molecule has 0 spiro atoms. The maximum Gasteiger partial charge on any atom is 0.107 e. The molecule has 0 aliphatic carbocycles. The topological polar surface area (TPSA) is 38.7 Å². The Morgan fingerprint density at radius 2 is 2.40 bits per heavy atom. The summed E-state index contributed by atoms with van der Waals surface area (Å²) < 4.78 is 10.4. The molecule has 1 aliphatic rings. The monoisotopic (exact) mass is 146 g/mol. The lowest BCUT2D eigenvalue weighted by atomic mass is 10.1. The van der Waals surface area contributed by atoms with Crippen LogP contribution >= 0.6 is 0 Å². The molecule has 2 atom stereocenters. The highest BCUT2D eigenvalue weighted by atomic mass is 16.6. The van der Waals surface area contributed by atoms with E-state index in [1.165, 1.54) is 0 Å². The van der Waals surface area contributed by atoms with Crippen LogP contribution in [0, 0.1) is 0 Å². The van der Waals surface area contributed by atoms with Crippen molar-refractivity contribution >= 4 is 0 Å². The lowest BCUT2D eigenvalue weighted by Gasteiger charge is -2.26. The average molecular weight is 146 g/mol. The highest BCUT2D eigenvalue weighted by Gasteiger charge is 2.20. The zero-order chi connectivity index (χ0) is 7.40. The predicted octanol–water partition coefficient (Wildman–Crippen LogP) is 0.173. The second kappa shape index (κ2) is 3.91. The van der Waals surface area contributed by atoms with Crippen LogP contribution in [0.2, 0.25) is 0 Å². The number of aliphatic hydroxyl groups is 1. The summed E-state index contributed by atoms with van der Waals surface area (Å²) in [5.74, 6) is 0. The normalized spacial score (nSPS) is 30.0. The van der Waals surface area contributed by atoms with E-state index in [0.29, 0.717) is 19.8 Å². The van der Waals surface area contributed by atoms with Gasteiger partial charge >= 0.3 is 0 Å². The van der Waals surface area contributed by atoms with E-state index in [4.69, 9.17) is 9.47 Å². The minimum Gasteiger partial charge on any atom is -0.390 e. The third-order valence-corrected chi connectivity index (χ3v) is 1.69. The van der Waals surface area contributed by atoms with E-state index in [9.17, 15) is 5.11 Å². The summed E-state index contributed by atoms with van der Waals surface area (Å²) in [7, 11) is 0. The molecular weight excluding hydrogens is 132 g/mol. The molecule has 0 radical (unpaired) electrons. The van der Waals surface area contributed by atoms with E-state index < -0.39 is 0 Å². The summed E-state index contributed by atoms with van der Waals surface area (Å²) in [6.45, 7) is 3.74. The summed E-state index contributed by atoms with van der Waals surface area (Å²) in [6, 6.07) is 0. The summed E-state index contributed by atoms with van der Waals surface area (Å²) in [5, 5.41) is 9.28. The number of rotatable bonds is 2. The van der Waals surface area contributed by atoms with Crippen LogP contribution in [-0.4, -0.2) is 37.1 Å². The highest BCUT2D eigenvalue weighted by Crippen LogP contribution is 2.07. The Labute approximate surface area is 60.9 Å². The van der Waals surface area contributed by atoms with Crippen molar-refractivity contribution in [1.82, 2.24) is 0 Å². The number of hydrogen-bond acceptors (Lipinski definition) is 3. The maximum atomic E-state index is 9.28. The second-order valence-electron chi connectivity index (χ2n) is 2.46. The Morgan fingerprint density at radius 1 is 1.60 bits per heavy atom. The number of ether oxygens (including phenoxy) is 2. The zero-order valence-corrected chi connectivity index (χ0v) is 6.25. The predicted molar refractivity (Wildman–Crippen MR) is 36.9 cm³/mol. The van der Waals surface area contributed by atoms with Crippen LogP contribution in [-0.2, 0) is 9.47 Å². The largest absolute Gasteiger partial charge is 0.390 e. The lowest BCUT2D eigenvalue weighted by Crippen LogP contribution is -2.37. The third kappa shape index (κ3) is 1.94. The molecule has 1 rings (SSSR count). The van der Waals surface area contributed by atoms with Gasteiger partial charge < -0.3 is 14.6 Å². The van der Waals surface area contributed by atoms with E-state index >= 15 is 0 Å². The van der Waals surface area contributed by atoms with Crippen LogP contribution in [0.25, 0.3) is 0 Å². The van der Waals surface area contributed by atoms with Gasteiger partial charge in [0.15, 0.2) is 0 Å². The lowest BCUT2D eigenvalue weighted by molar-refractivity contribution is -0.132. The molecule has 0 aromatic heterocycles. The summed E-state index contributed by atoms with van der Waals surface area (Å²) in [5.41, 5.74) is 0. The molecule has 0 saturated carbocycles. The average Bonchev–Trinajstić information content (AvgIpc) is 2.05. The molecule has 0 bridgehead atoms. The van der Waals surface area contributed by atoms with Gasteiger partial charge in [0.05, 0.1) is 25.9 Å². The van der Waals surface area contributed by atoms with Crippen LogP contribution in [0.15, 0.2) is 0 Å². The first kappa shape index (κ1) is 7.98. The summed E-state index contributed by atoms with van der Waals surface area (Å²) in [6.07, 6.45) is 0.271. The van der Waals surface area contributed by atoms with Gasteiger partial charge in [-0.2, -0.15) is 0 Å². The molecular formula is C7H14O3. The Balaban J connectivity index is 2.24. The van der Waals surface area contributed by atoms with Crippen LogP contribution in [0.3, 0.4) is 0 Å². The van der Waals surface area contributed by atoms with Crippen molar-refractivity contribution in [2.45, 2.75) is 25.6 Å². The first-order valence-corrected chi connectivity index (χ1v) is 3.72. The van der Waals surface area contributed by atoms with E-state index in [-0.39, 0.29) is 12.2 Å². The third-order valence-electron chi connectivity index (χ3n) is 1.69. The minimum atomic E-state index is -0.361. The summed E-state index contributed by atoms with van der Waals surface area (Å²) in [4.78, 5) is 0. The molecule has 1 aliphatic heterocycles. The molecule has 60 valence electrons. The van der Waals surface area contributed by atoms with Crippen LogP contribution in [0.4, 0.5) is 0 Å². The minimum absolute atomic E-state index is 0.0984. The van der Waals surface area contributed by atoms with Gasteiger partial charge in [0, 0.05) is 0 Å². The van der Waals surface area contributed by atoms with Crippen molar-refractivity contribution in [3.63, 3.8) is 0 Å². The van der Waals surface area contributed by atoms with Gasteiger partial charge in [0.25, 0.3) is 0 Å². The van der Waals surface area contributed by atoms with Gasteiger partial charge in [-0.25, -0.2) is 0 Å². The Hall–Kier alpha value is -0.120. The van der Waals surface area contributed by atoms with Crippen molar-refractivity contribution in [2.75, 3.05) is 19.8 Å². The fraction of sp³-hybridized carbons (Fsp3) is 1.00. The Kier molecular flexibility index (Phi) is 3.12. The van der Waals surface area contributed by atoms with Crippen LogP contribution in [0.1, 0.15) is 13.3 Å². The number of aliphatic hydroxyl groups excluding tert-OH is 1. The van der Waals surface area contributed by atoms with Gasteiger partial charge in [-0.3, -0.25) is 0 Å². The van der Waals surface area contributed by atoms with E-state index in [1.807, 2.05) is 6.92 Å². The standard InChI is InChI=1S/C7H14O3/c1-2-6(8)7-5-9-3-4-10-7/h6-8H,2-5H2,1H3. The van der Waals surface area contributed by atoms with Crippen molar-refractivity contribution < 1.29 is 14.6 Å². The molecule has 0 aromatic carbocycles. The van der Waals surface area contributed by atoms with Gasteiger partial charge in [-0.15, -0.1) is 0 Å². The first-order chi connectivity index (χ1) is 4.84. The van der Waals surface area contributed by atoms with E-state index in [1.54, 1.807) is 0 Å². The second-order valence-corrected chi connectivity index (χ2v) is 2.46. The van der Waals surface area contributed by atoms with Gasteiger partial charge in [-0.1, -0.05) is 6.92 Å². The molecule has 1 saturated heterocycles. The van der Waals surface area contributed by atoms with Gasteiger partial charge in [0.2, 0.25) is 0 Å². The SMILES string of the molecule is CCC(O)C1COCCO1.